The zero-order chi connectivity index (χ0) is 24.8. The topological polar surface area (TPSA) is 147 Å². The zero-order valence-electron chi connectivity index (χ0n) is 18.7. The molecule has 3 amide bonds. The zero-order valence-corrected chi connectivity index (χ0v) is 19.5. The van der Waals surface area contributed by atoms with Crippen LogP contribution in [0.15, 0.2) is 41.9 Å². The van der Waals surface area contributed by atoms with Gasteiger partial charge in [-0.25, -0.2) is 9.78 Å². The van der Waals surface area contributed by atoms with Crippen LogP contribution in [0.1, 0.15) is 31.3 Å². The maximum absolute atomic E-state index is 12.4. The highest BCUT2D eigenvalue weighted by molar-refractivity contribution is 7.13. The molecule has 0 radical (unpaired) electrons. The molecule has 0 spiro atoms. The lowest BCUT2D eigenvalue weighted by atomic mass is 9.93. The van der Waals surface area contributed by atoms with Crippen LogP contribution < -0.4 is 16.0 Å². The molecular formula is C22H26N4O6S. The molecule has 0 fully saturated rings. The minimum Gasteiger partial charge on any atom is -0.467 e. The van der Waals surface area contributed by atoms with E-state index in [0.29, 0.717) is 10.7 Å². The van der Waals surface area contributed by atoms with Crippen molar-refractivity contribution in [2.75, 3.05) is 19.0 Å². The Hall–Kier alpha value is -3.57. The molecule has 4 N–H and O–H groups in total. The first kappa shape index (κ1) is 25.7. The number of aliphatic hydroxyl groups is 1. The number of hydrogen-bond acceptors (Lipinski definition) is 8. The van der Waals surface area contributed by atoms with Crippen LogP contribution >= 0.6 is 11.3 Å². The van der Waals surface area contributed by atoms with E-state index in [1.54, 1.807) is 38.1 Å². The number of carbonyl (C=O) groups is 4. The summed E-state index contributed by atoms with van der Waals surface area (Å²) in [5.41, 5.74) is 0.225. The first-order valence-corrected chi connectivity index (χ1v) is 10.7. The lowest BCUT2D eigenvalue weighted by molar-refractivity contribution is -0.144. The Labute approximate surface area is 195 Å². The second-order valence-electron chi connectivity index (χ2n) is 7.76. The Morgan fingerprint density at radius 2 is 1.85 bits per heavy atom. The Kier molecular flexibility index (Phi) is 8.44. The van der Waals surface area contributed by atoms with Crippen molar-refractivity contribution in [2.45, 2.75) is 26.8 Å². The van der Waals surface area contributed by atoms with E-state index >= 15 is 0 Å². The van der Waals surface area contributed by atoms with Gasteiger partial charge in [0.1, 0.15) is 16.7 Å². The number of carbonyl (C=O) groups excluding carboxylic acids is 4. The Morgan fingerprint density at radius 3 is 2.42 bits per heavy atom. The number of nitrogens with zero attached hydrogens (tertiary/aromatic N) is 1. The van der Waals surface area contributed by atoms with Crippen molar-refractivity contribution in [3.8, 4) is 10.6 Å². The number of aromatic nitrogens is 1. The van der Waals surface area contributed by atoms with Gasteiger partial charge in [-0.05, 0) is 45.0 Å². The fourth-order valence-electron chi connectivity index (χ4n) is 2.36. The quantitative estimate of drug-likeness (QED) is 0.319. The van der Waals surface area contributed by atoms with Crippen LogP contribution in [0.4, 0.5) is 5.69 Å². The van der Waals surface area contributed by atoms with E-state index in [4.69, 9.17) is 0 Å². The van der Waals surface area contributed by atoms with Gasteiger partial charge in [0.15, 0.2) is 0 Å². The molecule has 0 saturated heterocycles. The van der Waals surface area contributed by atoms with Crippen molar-refractivity contribution in [1.82, 2.24) is 15.6 Å². The van der Waals surface area contributed by atoms with Gasteiger partial charge >= 0.3 is 5.97 Å². The SMILES string of the molecule is C=C(NC(=O)c1csc(-c2ccc(NC(=O)C(C)(C)CO)cc2)n1)C(=O)NC(C)C(=O)OC. The predicted octanol–water partition coefficient (Wildman–Crippen LogP) is 1.69. The standard InChI is InChI=1S/C22H26N4O6S/c1-12(17(28)24-13(2)20(30)32-5)23-18(29)16-10-33-19(26-16)14-6-8-15(9-7-14)25-21(31)22(3,4)11-27/h6-10,13,27H,1,11H2,2-5H3,(H,23,29)(H,24,28)(H,25,31). The maximum Gasteiger partial charge on any atom is 0.328 e. The Balaban J connectivity index is 2.00. The third-order valence-electron chi connectivity index (χ3n) is 4.58. The summed E-state index contributed by atoms with van der Waals surface area (Å²) in [5, 5.41) is 18.8. The molecule has 0 bridgehead atoms. The molecule has 33 heavy (non-hydrogen) atoms. The van der Waals surface area contributed by atoms with Crippen molar-refractivity contribution in [3.63, 3.8) is 0 Å². The lowest BCUT2D eigenvalue weighted by Crippen LogP contribution is -2.42. The number of rotatable bonds is 9. The molecule has 1 aromatic heterocycles. The highest BCUT2D eigenvalue weighted by Crippen LogP contribution is 2.26. The van der Waals surface area contributed by atoms with E-state index in [0.717, 1.165) is 5.56 Å². The number of thiazole rings is 1. The van der Waals surface area contributed by atoms with Gasteiger partial charge in [0.25, 0.3) is 11.8 Å². The van der Waals surface area contributed by atoms with Gasteiger partial charge in [-0.3, -0.25) is 14.4 Å². The van der Waals surface area contributed by atoms with Crippen molar-refractivity contribution in [2.24, 2.45) is 5.41 Å². The van der Waals surface area contributed by atoms with Crippen LogP contribution in [-0.4, -0.2) is 53.5 Å². The first-order valence-electron chi connectivity index (χ1n) is 9.85. The highest BCUT2D eigenvalue weighted by Gasteiger charge is 2.26. The Morgan fingerprint density at radius 1 is 1.21 bits per heavy atom. The van der Waals surface area contributed by atoms with E-state index in [9.17, 15) is 24.3 Å². The van der Waals surface area contributed by atoms with Crippen LogP contribution in [0, 0.1) is 5.41 Å². The van der Waals surface area contributed by atoms with Crippen molar-refractivity contribution in [1.29, 1.82) is 0 Å². The Bertz CT molecular complexity index is 1060. The molecule has 2 aromatic rings. The summed E-state index contributed by atoms with van der Waals surface area (Å²) in [6, 6.07) is 5.96. The van der Waals surface area contributed by atoms with E-state index in [-0.39, 0.29) is 23.9 Å². The molecular weight excluding hydrogens is 448 g/mol. The molecule has 0 aliphatic carbocycles. The number of anilines is 1. The number of nitrogens with one attached hydrogen (secondary N) is 3. The molecule has 1 heterocycles. The third kappa shape index (κ3) is 6.70. The molecule has 10 nitrogen and oxygen atoms in total. The summed E-state index contributed by atoms with van der Waals surface area (Å²) in [7, 11) is 1.20. The monoisotopic (exact) mass is 474 g/mol. The first-order chi connectivity index (χ1) is 15.5. The summed E-state index contributed by atoms with van der Waals surface area (Å²) >= 11 is 1.23. The van der Waals surface area contributed by atoms with Crippen molar-refractivity contribution < 1.29 is 29.0 Å². The van der Waals surface area contributed by atoms with Gasteiger partial charge in [0.05, 0.1) is 24.8 Å². The van der Waals surface area contributed by atoms with Crippen molar-refractivity contribution in [3.05, 3.63) is 47.6 Å². The second-order valence-corrected chi connectivity index (χ2v) is 8.62. The molecule has 0 aliphatic rings. The molecule has 176 valence electrons. The third-order valence-corrected chi connectivity index (χ3v) is 5.47. The van der Waals surface area contributed by atoms with E-state index < -0.39 is 29.2 Å². The summed E-state index contributed by atoms with van der Waals surface area (Å²) in [6.45, 7) is 7.94. The fraction of sp³-hybridized carbons (Fsp3) is 0.318. The van der Waals surface area contributed by atoms with Gasteiger partial charge in [0, 0.05) is 16.6 Å². The fourth-order valence-corrected chi connectivity index (χ4v) is 3.16. The number of hydrogen-bond donors (Lipinski definition) is 4. The molecule has 11 heteroatoms. The van der Waals surface area contributed by atoms with Crippen LogP contribution in [-0.2, 0) is 19.1 Å². The van der Waals surface area contributed by atoms with E-state index in [2.05, 4.69) is 32.3 Å². The van der Waals surface area contributed by atoms with Crippen molar-refractivity contribution >= 4 is 40.7 Å². The summed E-state index contributed by atoms with van der Waals surface area (Å²) in [5.74, 6) is -2.29. The predicted molar refractivity (Wildman–Crippen MR) is 123 cm³/mol. The number of methoxy groups -OCH3 is 1. The van der Waals surface area contributed by atoms with Crippen LogP contribution in [0.25, 0.3) is 10.6 Å². The smallest absolute Gasteiger partial charge is 0.328 e. The second kappa shape index (κ2) is 10.8. The van der Waals surface area contributed by atoms with Gasteiger partial charge in [0.2, 0.25) is 5.91 Å². The summed E-state index contributed by atoms with van der Waals surface area (Å²) in [4.78, 5) is 52.3. The minimum absolute atomic E-state index is 0.0899. The van der Waals surface area contributed by atoms with E-state index in [1.165, 1.54) is 30.8 Å². The highest BCUT2D eigenvalue weighted by atomic mass is 32.1. The van der Waals surface area contributed by atoms with Crippen LogP contribution in [0.5, 0.6) is 0 Å². The van der Waals surface area contributed by atoms with Gasteiger partial charge in [-0.2, -0.15) is 0 Å². The summed E-state index contributed by atoms with van der Waals surface area (Å²) in [6.07, 6.45) is 0. The number of ether oxygens (including phenoxy) is 1. The average Bonchev–Trinajstić information content (AvgIpc) is 3.29. The van der Waals surface area contributed by atoms with Gasteiger partial charge in [-0.15, -0.1) is 11.3 Å². The summed E-state index contributed by atoms with van der Waals surface area (Å²) < 4.78 is 4.52. The molecule has 1 aromatic carbocycles. The number of amides is 3. The molecule has 2 rings (SSSR count). The number of aliphatic hydroxyl groups excluding tert-OH is 1. The van der Waals surface area contributed by atoms with Gasteiger partial charge < -0.3 is 25.8 Å². The molecule has 0 saturated carbocycles. The van der Waals surface area contributed by atoms with Crippen LogP contribution in [0.2, 0.25) is 0 Å². The normalized spacial score (nSPS) is 11.8. The molecule has 0 aliphatic heterocycles. The van der Waals surface area contributed by atoms with Crippen LogP contribution in [0.3, 0.4) is 0 Å². The largest absolute Gasteiger partial charge is 0.467 e. The minimum atomic E-state index is -0.908. The van der Waals surface area contributed by atoms with Gasteiger partial charge in [-0.1, -0.05) is 6.58 Å². The average molecular weight is 475 g/mol. The van der Waals surface area contributed by atoms with E-state index in [1.807, 2.05) is 0 Å². The number of esters is 1. The molecule has 1 atom stereocenters. The molecule has 1 unspecified atom stereocenters. The lowest BCUT2D eigenvalue weighted by Gasteiger charge is -2.20. The maximum atomic E-state index is 12.4. The number of benzene rings is 1.